The van der Waals surface area contributed by atoms with E-state index in [-0.39, 0.29) is 11.7 Å². The number of aromatic hydroxyl groups is 1. The highest BCUT2D eigenvalue weighted by molar-refractivity contribution is 5.76. The average Bonchev–Trinajstić information content (AvgIpc) is 3.22. The predicted octanol–water partition coefficient (Wildman–Crippen LogP) is 3.18. The molecule has 0 bridgehead atoms. The molecule has 4 rings (SSSR count). The molecule has 1 aliphatic heterocycles. The molecule has 0 aliphatic carbocycles. The van der Waals surface area contributed by atoms with Crippen molar-refractivity contribution >= 4 is 5.91 Å². The van der Waals surface area contributed by atoms with E-state index < -0.39 is 0 Å². The van der Waals surface area contributed by atoms with Crippen LogP contribution < -0.4 is 0 Å². The molecule has 0 atom stereocenters. The average molecular weight is 378 g/mol. The van der Waals surface area contributed by atoms with Gasteiger partial charge in [-0.25, -0.2) is 0 Å². The quantitative estimate of drug-likeness (QED) is 0.733. The van der Waals surface area contributed by atoms with Gasteiger partial charge in [-0.05, 0) is 48.6 Å². The molecule has 1 amide bonds. The number of carbonyl (C=O) groups is 1. The van der Waals surface area contributed by atoms with Crippen molar-refractivity contribution in [1.29, 1.82) is 0 Å². The monoisotopic (exact) mass is 378 g/mol. The summed E-state index contributed by atoms with van der Waals surface area (Å²) >= 11 is 0. The van der Waals surface area contributed by atoms with Crippen molar-refractivity contribution in [3.8, 4) is 17.1 Å². The second-order valence-electron chi connectivity index (χ2n) is 6.99. The molecule has 0 saturated carbocycles. The van der Waals surface area contributed by atoms with Gasteiger partial charge in [-0.3, -0.25) is 9.78 Å². The van der Waals surface area contributed by atoms with Gasteiger partial charge < -0.3 is 14.5 Å². The molecule has 28 heavy (non-hydrogen) atoms. The van der Waals surface area contributed by atoms with Gasteiger partial charge in [0.1, 0.15) is 5.75 Å². The van der Waals surface area contributed by atoms with Crippen LogP contribution in [0, 0.1) is 0 Å². The molecule has 0 unspecified atom stereocenters. The number of benzene rings is 1. The van der Waals surface area contributed by atoms with Crippen molar-refractivity contribution in [3.05, 3.63) is 60.2 Å². The highest BCUT2D eigenvalue weighted by atomic mass is 16.5. The van der Waals surface area contributed by atoms with E-state index in [0.29, 0.717) is 30.5 Å². The number of hydrogen-bond acceptors (Lipinski definition) is 6. The minimum absolute atomic E-state index is 0.118. The molecular formula is C21H22N4O3. The molecule has 7 nitrogen and oxygen atoms in total. The first-order valence-corrected chi connectivity index (χ1v) is 9.49. The molecule has 144 valence electrons. The summed E-state index contributed by atoms with van der Waals surface area (Å²) < 4.78 is 5.27. The maximum absolute atomic E-state index is 12.5. The fraction of sp³-hybridized carbons (Fsp3) is 0.333. The summed E-state index contributed by atoms with van der Waals surface area (Å²) in [4.78, 5) is 22.8. The Morgan fingerprint density at radius 2 is 1.82 bits per heavy atom. The molecular weight excluding hydrogens is 356 g/mol. The third kappa shape index (κ3) is 4.19. The van der Waals surface area contributed by atoms with E-state index in [1.165, 1.54) is 5.56 Å². The Balaban J connectivity index is 1.27. The Labute approximate surface area is 163 Å². The van der Waals surface area contributed by atoms with Crippen LogP contribution in [0.15, 0.2) is 53.3 Å². The minimum Gasteiger partial charge on any atom is -0.508 e. The summed E-state index contributed by atoms with van der Waals surface area (Å²) in [5.41, 5.74) is 2.06. The number of amides is 1. The standard InChI is InChI=1S/C21H22N4O3/c26-18-3-1-15(2-4-18)16-9-13-25(14-10-16)20(27)6-5-19-23-21(24-28-19)17-7-11-22-12-8-17/h1-4,7-8,11-12,16,26H,5-6,9-10,13-14H2. The largest absolute Gasteiger partial charge is 0.508 e. The van der Waals surface area contributed by atoms with Crippen LogP contribution in [0.5, 0.6) is 5.75 Å². The summed E-state index contributed by atoms with van der Waals surface area (Å²) in [5, 5.41) is 13.4. The van der Waals surface area contributed by atoms with Gasteiger partial charge in [-0.1, -0.05) is 17.3 Å². The van der Waals surface area contributed by atoms with Crippen LogP contribution in [-0.4, -0.2) is 44.1 Å². The van der Waals surface area contributed by atoms with Crippen molar-refractivity contribution in [2.45, 2.75) is 31.6 Å². The van der Waals surface area contributed by atoms with Gasteiger partial charge in [-0.15, -0.1) is 0 Å². The lowest BCUT2D eigenvalue weighted by atomic mass is 9.89. The van der Waals surface area contributed by atoms with Gasteiger partial charge in [0, 0.05) is 43.9 Å². The molecule has 1 N–H and O–H groups in total. The lowest BCUT2D eigenvalue weighted by Gasteiger charge is -2.32. The van der Waals surface area contributed by atoms with E-state index >= 15 is 0 Å². The molecule has 3 heterocycles. The number of rotatable bonds is 5. The smallest absolute Gasteiger partial charge is 0.227 e. The van der Waals surface area contributed by atoms with Crippen molar-refractivity contribution in [2.75, 3.05) is 13.1 Å². The highest BCUT2D eigenvalue weighted by Crippen LogP contribution is 2.29. The Morgan fingerprint density at radius 1 is 1.11 bits per heavy atom. The second-order valence-corrected chi connectivity index (χ2v) is 6.99. The zero-order valence-electron chi connectivity index (χ0n) is 15.5. The number of hydrogen-bond donors (Lipinski definition) is 1. The molecule has 2 aromatic heterocycles. The maximum Gasteiger partial charge on any atom is 0.227 e. The van der Waals surface area contributed by atoms with E-state index in [1.54, 1.807) is 24.5 Å². The van der Waals surface area contributed by atoms with Crippen LogP contribution in [0.3, 0.4) is 0 Å². The molecule has 7 heteroatoms. The Bertz CT molecular complexity index is 916. The molecule has 3 aromatic rings. The number of carbonyl (C=O) groups excluding carboxylic acids is 1. The zero-order valence-corrected chi connectivity index (χ0v) is 15.5. The third-order valence-corrected chi connectivity index (χ3v) is 5.17. The van der Waals surface area contributed by atoms with Crippen LogP contribution in [0.4, 0.5) is 0 Å². The lowest BCUT2D eigenvalue weighted by molar-refractivity contribution is -0.132. The summed E-state index contributed by atoms with van der Waals surface area (Å²) in [6.07, 6.45) is 6.02. The molecule has 1 saturated heterocycles. The number of piperidine rings is 1. The number of aromatic nitrogens is 3. The van der Waals surface area contributed by atoms with Crippen LogP contribution in [0.2, 0.25) is 0 Å². The maximum atomic E-state index is 12.5. The summed E-state index contributed by atoms with van der Waals surface area (Å²) in [6, 6.07) is 11.0. The van der Waals surface area contributed by atoms with Crippen LogP contribution in [-0.2, 0) is 11.2 Å². The third-order valence-electron chi connectivity index (χ3n) is 5.17. The van der Waals surface area contributed by atoms with Gasteiger partial charge >= 0.3 is 0 Å². The number of phenols is 1. The summed E-state index contributed by atoms with van der Waals surface area (Å²) in [5.74, 6) is 1.82. The molecule has 0 spiro atoms. The Morgan fingerprint density at radius 3 is 2.54 bits per heavy atom. The van der Waals surface area contributed by atoms with E-state index in [4.69, 9.17) is 4.52 Å². The number of likely N-dealkylation sites (tertiary alicyclic amines) is 1. The predicted molar refractivity (Wildman–Crippen MR) is 103 cm³/mol. The number of nitrogens with zero attached hydrogens (tertiary/aromatic N) is 4. The molecule has 1 aromatic carbocycles. The van der Waals surface area contributed by atoms with Gasteiger partial charge in [0.05, 0.1) is 0 Å². The Hall–Kier alpha value is -3.22. The topological polar surface area (TPSA) is 92.3 Å². The normalized spacial score (nSPS) is 14.9. The first kappa shape index (κ1) is 18.2. The van der Waals surface area contributed by atoms with Crippen LogP contribution in [0.1, 0.15) is 36.6 Å². The van der Waals surface area contributed by atoms with Gasteiger partial charge in [0.25, 0.3) is 0 Å². The van der Waals surface area contributed by atoms with Crippen molar-refractivity contribution in [3.63, 3.8) is 0 Å². The van der Waals surface area contributed by atoms with E-state index in [9.17, 15) is 9.90 Å². The Kier molecular flexibility index (Phi) is 5.32. The molecule has 1 fully saturated rings. The van der Waals surface area contributed by atoms with E-state index in [0.717, 1.165) is 31.5 Å². The molecule has 0 radical (unpaired) electrons. The van der Waals surface area contributed by atoms with E-state index in [1.807, 2.05) is 29.2 Å². The van der Waals surface area contributed by atoms with Gasteiger partial charge in [0.2, 0.25) is 17.6 Å². The minimum atomic E-state index is 0.118. The van der Waals surface area contributed by atoms with Crippen molar-refractivity contribution in [1.82, 2.24) is 20.0 Å². The lowest BCUT2D eigenvalue weighted by Crippen LogP contribution is -2.38. The van der Waals surface area contributed by atoms with Crippen molar-refractivity contribution in [2.24, 2.45) is 0 Å². The van der Waals surface area contributed by atoms with E-state index in [2.05, 4.69) is 15.1 Å². The SMILES string of the molecule is O=C(CCc1nc(-c2ccncc2)no1)N1CCC(c2ccc(O)cc2)CC1. The fourth-order valence-corrected chi connectivity index (χ4v) is 3.56. The van der Waals surface area contributed by atoms with Gasteiger partial charge in [-0.2, -0.15) is 4.98 Å². The number of pyridine rings is 1. The van der Waals surface area contributed by atoms with Crippen molar-refractivity contribution < 1.29 is 14.4 Å². The van der Waals surface area contributed by atoms with Crippen LogP contribution >= 0.6 is 0 Å². The fourth-order valence-electron chi connectivity index (χ4n) is 3.56. The zero-order chi connectivity index (χ0) is 19.3. The first-order valence-electron chi connectivity index (χ1n) is 9.49. The summed E-state index contributed by atoms with van der Waals surface area (Å²) in [7, 11) is 0. The number of aryl methyl sites for hydroxylation is 1. The first-order chi connectivity index (χ1) is 13.7. The van der Waals surface area contributed by atoms with Gasteiger partial charge in [0.15, 0.2) is 0 Å². The highest BCUT2D eigenvalue weighted by Gasteiger charge is 2.24. The second kappa shape index (κ2) is 8.21. The molecule has 1 aliphatic rings. The van der Waals surface area contributed by atoms with Crippen LogP contribution in [0.25, 0.3) is 11.4 Å². The number of phenolic OH excluding ortho intramolecular Hbond substituents is 1. The summed E-state index contributed by atoms with van der Waals surface area (Å²) in [6.45, 7) is 1.49.